The molecular weight excluding hydrogens is 390 g/mol. The molecule has 6 heteroatoms. The molecule has 2 aromatic rings. The van der Waals surface area contributed by atoms with Gasteiger partial charge in [-0.2, -0.15) is 0 Å². The molecule has 0 radical (unpaired) electrons. The fourth-order valence-electron chi connectivity index (χ4n) is 4.54. The van der Waals surface area contributed by atoms with Gasteiger partial charge in [-0.05, 0) is 80.7 Å². The molecule has 0 N–H and O–H groups in total. The molecule has 0 saturated carbocycles. The Morgan fingerprint density at radius 3 is 2.24 bits per heavy atom. The van der Waals surface area contributed by atoms with Crippen molar-refractivity contribution in [2.24, 2.45) is 0 Å². The van der Waals surface area contributed by atoms with E-state index in [2.05, 4.69) is 9.80 Å². The van der Waals surface area contributed by atoms with Crippen molar-refractivity contribution in [2.45, 2.75) is 43.2 Å². The van der Waals surface area contributed by atoms with Crippen LogP contribution in [0.2, 0.25) is 0 Å². The van der Waals surface area contributed by atoms with E-state index in [9.17, 15) is 13.0 Å². The van der Waals surface area contributed by atoms with E-state index in [0.29, 0.717) is 23.0 Å². The second kappa shape index (κ2) is 9.02. The molecule has 2 atom stereocenters. The molecule has 4 rings (SSSR count). The van der Waals surface area contributed by atoms with Crippen LogP contribution in [0.5, 0.6) is 0 Å². The summed E-state index contributed by atoms with van der Waals surface area (Å²) in [7, 11) is -1.07. The van der Waals surface area contributed by atoms with E-state index in [0.717, 1.165) is 44.6 Å². The molecule has 29 heavy (non-hydrogen) atoms. The smallest absolute Gasteiger partial charge is 0.131 e. The van der Waals surface area contributed by atoms with Crippen LogP contribution in [0.4, 0.5) is 8.78 Å². The van der Waals surface area contributed by atoms with Gasteiger partial charge >= 0.3 is 0 Å². The Kier molecular flexibility index (Phi) is 6.42. The zero-order chi connectivity index (χ0) is 20.4. The largest absolute Gasteiger partial charge is 0.302 e. The lowest BCUT2D eigenvalue weighted by Gasteiger charge is -2.28. The van der Waals surface area contributed by atoms with E-state index in [1.807, 2.05) is 0 Å². The average molecular weight is 419 g/mol. The van der Waals surface area contributed by atoms with Crippen LogP contribution in [0.3, 0.4) is 0 Å². The standard InChI is InChI=1S/C23H28F2N2OS/c1-29(28)20-8-6-17(7-9-20)18-13-22(24)21(23(25)14-18)16-27-12-4-5-19(27)15-26-10-2-3-11-26/h6-9,13-14,19H,2-5,10-12,15-16H2,1H3. The molecule has 156 valence electrons. The Balaban J connectivity index is 1.50. The van der Waals surface area contributed by atoms with Crippen molar-refractivity contribution >= 4 is 10.8 Å². The highest BCUT2D eigenvalue weighted by Crippen LogP contribution is 2.28. The summed E-state index contributed by atoms with van der Waals surface area (Å²) in [4.78, 5) is 5.42. The minimum Gasteiger partial charge on any atom is -0.302 e. The second-order valence-corrected chi connectivity index (χ2v) is 9.55. The van der Waals surface area contributed by atoms with E-state index in [-0.39, 0.29) is 5.56 Å². The van der Waals surface area contributed by atoms with Gasteiger partial charge in [0.2, 0.25) is 0 Å². The van der Waals surface area contributed by atoms with Crippen LogP contribution in [0.15, 0.2) is 41.3 Å². The number of hydrogen-bond donors (Lipinski definition) is 0. The molecule has 3 nitrogen and oxygen atoms in total. The van der Waals surface area contributed by atoms with E-state index >= 15 is 0 Å². The molecule has 2 heterocycles. The van der Waals surface area contributed by atoms with Crippen LogP contribution >= 0.6 is 0 Å². The van der Waals surface area contributed by atoms with Gasteiger partial charge in [-0.3, -0.25) is 9.11 Å². The summed E-state index contributed by atoms with van der Waals surface area (Å²) in [6.45, 7) is 4.52. The maximum absolute atomic E-state index is 14.9. The third kappa shape index (κ3) is 4.76. The number of rotatable bonds is 6. The third-order valence-electron chi connectivity index (χ3n) is 6.19. The Morgan fingerprint density at radius 2 is 1.62 bits per heavy atom. The number of likely N-dealkylation sites (tertiary alicyclic amines) is 2. The highest BCUT2D eigenvalue weighted by molar-refractivity contribution is 7.84. The molecule has 2 aliphatic heterocycles. The Morgan fingerprint density at radius 1 is 0.966 bits per heavy atom. The summed E-state index contributed by atoms with van der Waals surface area (Å²) >= 11 is 0. The van der Waals surface area contributed by atoms with E-state index in [4.69, 9.17) is 0 Å². The molecule has 0 spiro atoms. The molecule has 0 aromatic heterocycles. The predicted molar refractivity (Wildman–Crippen MR) is 113 cm³/mol. The number of nitrogens with zero attached hydrogens (tertiary/aromatic N) is 2. The topological polar surface area (TPSA) is 23.6 Å². The van der Waals surface area contributed by atoms with Crippen molar-refractivity contribution in [3.8, 4) is 11.1 Å². The summed E-state index contributed by atoms with van der Waals surface area (Å²) in [6.07, 6.45) is 6.31. The summed E-state index contributed by atoms with van der Waals surface area (Å²) in [6, 6.07) is 10.2. The van der Waals surface area contributed by atoms with Crippen molar-refractivity contribution < 1.29 is 13.0 Å². The van der Waals surface area contributed by atoms with Gasteiger partial charge in [-0.25, -0.2) is 8.78 Å². The quantitative estimate of drug-likeness (QED) is 0.693. The van der Waals surface area contributed by atoms with Gasteiger partial charge in [-0.1, -0.05) is 12.1 Å². The van der Waals surface area contributed by atoms with Crippen molar-refractivity contribution in [3.05, 3.63) is 53.6 Å². The maximum Gasteiger partial charge on any atom is 0.131 e. The Labute approximate surface area is 174 Å². The molecular formula is C23H28F2N2OS. The van der Waals surface area contributed by atoms with Crippen molar-refractivity contribution in [2.75, 3.05) is 32.4 Å². The fraction of sp³-hybridized carbons (Fsp3) is 0.478. The first-order chi connectivity index (χ1) is 14.0. The second-order valence-electron chi connectivity index (χ2n) is 8.17. The first-order valence-corrected chi connectivity index (χ1v) is 12.0. The van der Waals surface area contributed by atoms with Gasteiger partial charge in [0.05, 0.1) is 0 Å². The van der Waals surface area contributed by atoms with Crippen molar-refractivity contribution in [1.82, 2.24) is 9.80 Å². The number of benzene rings is 2. The van der Waals surface area contributed by atoms with E-state index in [1.165, 1.54) is 25.0 Å². The van der Waals surface area contributed by atoms with Gasteiger partial charge in [0.15, 0.2) is 0 Å². The molecule has 0 amide bonds. The highest BCUT2D eigenvalue weighted by Gasteiger charge is 2.29. The first-order valence-electron chi connectivity index (χ1n) is 10.4. The molecule has 0 aliphatic carbocycles. The fourth-order valence-corrected chi connectivity index (χ4v) is 5.06. The van der Waals surface area contributed by atoms with Gasteiger partial charge in [0.1, 0.15) is 11.6 Å². The van der Waals surface area contributed by atoms with Gasteiger partial charge < -0.3 is 4.90 Å². The molecule has 2 fully saturated rings. The first kappa shape index (κ1) is 20.6. The minimum absolute atomic E-state index is 0.161. The lowest BCUT2D eigenvalue weighted by Crippen LogP contribution is -2.39. The molecule has 2 aromatic carbocycles. The van der Waals surface area contributed by atoms with Crippen LogP contribution in [0, 0.1) is 11.6 Å². The zero-order valence-corrected chi connectivity index (χ0v) is 17.7. The normalized spacial score (nSPS) is 21.7. The van der Waals surface area contributed by atoms with Crippen LogP contribution in [0.25, 0.3) is 11.1 Å². The lowest BCUT2D eigenvalue weighted by atomic mass is 10.0. The molecule has 2 aliphatic rings. The monoisotopic (exact) mass is 418 g/mol. The number of hydrogen-bond acceptors (Lipinski definition) is 3. The summed E-state index contributed by atoms with van der Waals surface area (Å²) < 4.78 is 41.3. The van der Waals surface area contributed by atoms with E-state index in [1.54, 1.807) is 30.5 Å². The Bertz CT molecular complexity index is 858. The van der Waals surface area contributed by atoms with Gasteiger partial charge in [0.25, 0.3) is 0 Å². The number of halogens is 2. The van der Waals surface area contributed by atoms with Gasteiger partial charge in [-0.15, -0.1) is 0 Å². The molecule has 2 saturated heterocycles. The maximum atomic E-state index is 14.9. The summed E-state index contributed by atoms with van der Waals surface area (Å²) in [5.74, 6) is -0.982. The third-order valence-corrected chi connectivity index (χ3v) is 7.12. The Hall–Kier alpha value is -1.63. The highest BCUT2D eigenvalue weighted by atomic mass is 32.2. The average Bonchev–Trinajstić information content (AvgIpc) is 3.37. The van der Waals surface area contributed by atoms with Crippen LogP contribution in [-0.2, 0) is 17.3 Å². The van der Waals surface area contributed by atoms with Crippen molar-refractivity contribution in [3.63, 3.8) is 0 Å². The van der Waals surface area contributed by atoms with E-state index < -0.39 is 22.4 Å². The zero-order valence-electron chi connectivity index (χ0n) is 16.9. The summed E-state index contributed by atoms with van der Waals surface area (Å²) in [5.41, 5.74) is 1.39. The van der Waals surface area contributed by atoms with Crippen molar-refractivity contribution in [1.29, 1.82) is 0 Å². The SMILES string of the molecule is CS(=O)c1ccc(-c2cc(F)c(CN3CCCC3CN3CCCC3)c(F)c2)cc1. The predicted octanol–water partition coefficient (Wildman–Crippen LogP) is 4.43. The van der Waals surface area contributed by atoms with Crippen LogP contribution < -0.4 is 0 Å². The minimum atomic E-state index is -1.07. The summed E-state index contributed by atoms with van der Waals surface area (Å²) in [5, 5.41) is 0. The van der Waals surface area contributed by atoms with Crippen LogP contribution in [0.1, 0.15) is 31.2 Å². The molecule has 0 bridgehead atoms. The van der Waals surface area contributed by atoms with Crippen LogP contribution in [-0.4, -0.2) is 52.5 Å². The van der Waals surface area contributed by atoms with Gasteiger partial charge in [0, 0.05) is 46.6 Å². The molecule has 2 unspecified atom stereocenters. The lowest BCUT2D eigenvalue weighted by molar-refractivity contribution is 0.182.